The highest BCUT2D eigenvalue weighted by atomic mass is 32.2. The minimum atomic E-state index is -0.0910. The van der Waals surface area contributed by atoms with E-state index < -0.39 is 0 Å². The Bertz CT molecular complexity index is 994. The Kier molecular flexibility index (Phi) is 17.8. The smallest absolute Gasteiger partial charge is 0.307 e. The molecule has 4 bridgehead atoms. The van der Waals surface area contributed by atoms with Crippen LogP contribution in [0.1, 0.15) is 129 Å². The predicted molar refractivity (Wildman–Crippen MR) is 193 cm³/mol. The van der Waals surface area contributed by atoms with Gasteiger partial charge in [-0.15, -0.1) is 0 Å². The standard InChI is InChI=1S/C39H65N3O4S/c1-2-3-4-5-6-10-13-24-47-25-23-45-38(44)16-21-41(19-14-20-42-22-17-40-33-42)18-12-9-7-8-11-15-37(43)46-32-39-29-34-26-35(30-39)28-36(27-34)31-39/h10,13,17,22,33-36H,2-9,11-12,14-16,18-21,23-32H2,1H3/b13-10-. The van der Waals surface area contributed by atoms with Gasteiger partial charge in [0.15, 0.2) is 0 Å². The maximum atomic E-state index is 12.5. The minimum Gasteiger partial charge on any atom is -0.465 e. The van der Waals surface area contributed by atoms with Crippen molar-refractivity contribution in [3.05, 3.63) is 30.9 Å². The zero-order chi connectivity index (χ0) is 33.0. The van der Waals surface area contributed by atoms with Crippen molar-refractivity contribution < 1.29 is 19.1 Å². The number of hydrogen-bond donors (Lipinski definition) is 0. The average Bonchev–Trinajstić information content (AvgIpc) is 3.57. The molecule has 0 aliphatic heterocycles. The van der Waals surface area contributed by atoms with E-state index in [-0.39, 0.29) is 11.9 Å². The van der Waals surface area contributed by atoms with Crippen LogP contribution in [0.4, 0.5) is 0 Å². The molecule has 0 amide bonds. The minimum absolute atomic E-state index is 0.0142. The van der Waals surface area contributed by atoms with Gasteiger partial charge in [0.2, 0.25) is 0 Å². The van der Waals surface area contributed by atoms with Crippen LogP contribution in [-0.4, -0.2) is 70.7 Å². The maximum Gasteiger partial charge on any atom is 0.307 e. The molecule has 0 saturated heterocycles. The fourth-order valence-corrected chi connectivity index (χ4v) is 9.34. The van der Waals surface area contributed by atoms with Crippen molar-refractivity contribution in [1.29, 1.82) is 0 Å². The van der Waals surface area contributed by atoms with Gasteiger partial charge < -0.3 is 18.9 Å². The molecule has 266 valence electrons. The van der Waals surface area contributed by atoms with Crippen molar-refractivity contribution in [3.8, 4) is 0 Å². The molecule has 1 aromatic heterocycles. The summed E-state index contributed by atoms with van der Waals surface area (Å²) in [5, 5.41) is 0. The van der Waals surface area contributed by atoms with Gasteiger partial charge in [0.25, 0.3) is 0 Å². The van der Waals surface area contributed by atoms with E-state index in [9.17, 15) is 9.59 Å². The zero-order valence-corrected chi connectivity index (χ0v) is 30.4. The number of ether oxygens (including phenoxy) is 2. The lowest BCUT2D eigenvalue weighted by Crippen LogP contribution is -2.48. The van der Waals surface area contributed by atoms with Crippen molar-refractivity contribution in [3.63, 3.8) is 0 Å². The summed E-state index contributed by atoms with van der Waals surface area (Å²) < 4.78 is 13.5. The summed E-state index contributed by atoms with van der Waals surface area (Å²) in [5.74, 6) is 4.46. The fourth-order valence-electron chi connectivity index (χ4n) is 8.70. The molecule has 1 heterocycles. The molecule has 0 radical (unpaired) electrons. The summed E-state index contributed by atoms with van der Waals surface area (Å²) in [5.41, 5.74) is 0.315. The fraction of sp³-hybridized carbons (Fsp3) is 0.821. The first-order valence-electron chi connectivity index (χ1n) is 19.3. The quantitative estimate of drug-likeness (QED) is 0.0526. The summed E-state index contributed by atoms with van der Waals surface area (Å²) in [6.45, 7) is 7.04. The number of nitrogens with zero attached hydrogens (tertiary/aromatic N) is 3. The van der Waals surface area contributed by atoms with Crippen LogP contribution in [0.5, 0.6) is 0 Å². The van der Waals surface area contributed by atoms with Gasteiger partial charge in [0.1, 0.15) is 6.61 Å². The van der Waals surface area contributed by atoms with Crippen molar-refractivity contribution in [2.75, 3.05) is 44.4 Å². The summed E-state index contributed by atoms with van der Waals surface area (Å²) >= 11 is 1.82. The van der Waals surface area contributed by atoms with Crippen LogP contribution in [0.2, 0.25) is 0 Å². The molecule has 0 aromatic carbocycles. The van der Waals surface area contributed by atoms with Crippen molar-refractivity contribution in [1.82, 2.24) is 14.5 Å². The second-order valence-electron chi connectivity index (χ2n) is 15.0. The van der Waals surface area contributed by atoms with Crippen LogP contribution in [0, 0.1) is 23.2 Å². The Morgan fingerprint density at radius 3 is 2.30 bits per heavy atom. The molecule has 4 aliphatic rings. The molecule has 47 heavy (non-hydrogen) atoms. The van der Waals surface area contributed by atoms with E-state index in [1.165, 1.54) is 70.6 Å². The monoisotopic (exact) mass is 671 g/mol. The second-order valence-corrected chi connectivity index (χ2v) is 16.1. The van der Waals surface area contributed by atoms with E-state index in [4.69, 9.17) is 9.47 Å². The molecule has 4 fully saturated rings. The molecule has 4 aliphatic carbocycles. The molecule has 0 atom stereocenters. The van der Waals surface area contributed by atoms with Crippen LogP contribution >= 0.6 is 11.8 Å². The van der Waals surface area contributed by atoms with E-state index in [1.54, 1.807) is 0 Å². The lowest BCUT2D eigenvalue weighted by molar-refractivity contribution is -0.155. The Hall–Kier alpha value is -1.80. The number of hydrogen-bond acceptors (Lipinski definition) is 7. The van der Waals surface area contributed by atoms with Crippen LogP contribution in [0.15, 0.2) is 30.9 Å². The number of carbonyl (C=O) groups excluding carboxylic acids is 2. The van der Waals surface area contributed by atoms with Gasteiger partial charge in [0, 0.05) is 48.8 Å². The number of esters is 2. The normalized spacial score (nSPS) is 23.2. The summed E-state index contributed by atoms with van der Waals surface area (Å²) in [6.07, 6.45) is 32.2. The first-order chi connectivity index (χ1) is 23.0. The van der Waals surface area contributed by atoms with Gasteiger partial charge in [-0.3, -0.25) is 9.59 Å². The van der Waals surface area contributed by atoms with Crippen LogP contribution in [-0.2, 0) is 25.6 Å². The Balaban J connectivity index is 1.02. The van der Waals surface area contributed by atoms with Gasteiger partial charge in [-0.2, -0.15) is 11.8 Å². The predicted octanol–water partition coefficient (Wildman–Crippen LogP) is 8.87. The number of rotatable bonds is 27. The van der Waals surface area contributed by atoms with Gasteiger partial charge in [-0.25, -0.2) is 4.98 Å². The first kappa shape index (κ1) is 38.0. The molecule has 0 unspecified atom stereocenters. The van der Waals surface area contributed by atoms with Crippen LogP contribution < -0.4 is 0 Å². The summed E-state index contributed by atoms with van der Waals surface area (Å²) in [6, 6.07) is 0. The highest BCUT2D eigenvalue weighted by molar-refractivity contribution is 7.99. The Labute approximate surface area is 290 Å². The van der Waals surface area contributed by atoms with Crippen molar-refractivity contribution in [2.24, 2.45) is 23.2 Å². The molecular weight excluding hydrogens is 607 g/mol. The zero-order valence-electron chi connectivity index (χ0n) is 29.6. The van der Waals surface area contributed by atoms with Gasteiger partial charge >= 0.3 is 11.9 Å². The number of imidazole rings is 1. The topological polar surface area (TPSA) is 73.7 Å². The number of aromatic nitrogens is 2. The van der Waals surface area contributed by atoms with E-state index >= 15 is 0 Å². The van der Waals surface area contributed by atoms with Crippen LogP contribution in [0.25, 0.3) is 0 Å². The number of aryl methyl sites for hydroxylation is 1. The molecule has 8 heteroatoms. The molecule has 0 spiro atoms. The summed E-state index contributed by atoms with van der Waals surface area (Å²) in [7, 11) is 0. The Morgan fingerprint density at radius 1 is 0.851 bits per heavy atom. The lowest BCUT2D eigenvalue weighted by Gasteiger charge is -2.56. The number of thioether (sulfide) groups is 1. The highest BCUT2D eigenvalue weighted by Gasteiger charge is 2.51. The van der Waals surface area contributed by atoms with E-state index in [0.717, 1.165) is 94.0 Å². The van der Waals surface area contributed by atoms with E-state index in [2.05, 4.69) is 33.5 Å². The van der Waals surface area contributed by atoms with Crippen LogP contribution in [0.3, 0.4) is 0 Å². The van der Waals surface area contributed by atoms with Crippen molar-refractivity contribution >= 4 is 23.7 Å². The summed E-state index contributed by atoms with van der Waals surface area (Å²) in [4.78, 5) is 31.5. The molecule has 0 N–H and O–H groups in total. The van der Waals surface area contributed by atoms with E-state index in [1.807, 2.05) is 30.5 Å². The first-order valence-corrected chi connectivity index (χ1v) is 20.4. The molecular formula is C39H65N3O4S. The maximum absolute atomic E-state index is 12.5. The second kappa shape index (κ2) is 22.0. The SMILES string of the molecule is CCCCCC/C=C\CSCCOC(=O)CCN(CCCCCCCC(=O)OCC12CC3CC(CC(C3)C1)C2)CCCn1ccnc1. The number of carbonyl (C=O) groups is 2. The lowest BCUT2D eigenvalue weighted by atomic mass is 9.50. The van der Waals surface area contributed by atoms with Crippen molar-refractivity contribution in [2.45, 2.75) is 135 Å². The molecule has 1 aromatic rings. The largest absolute Gasteiger partial charge is 0.465 e. The van der Waals surface area contributed by atoms with Gasteiger partial charge in [0.05, 0.1) is 19.4 Å². The third kappa shape index (κ3) is 15.1. The number of unbranched alkanes of at least 4 members (excludes halogenated alkanes) is 8. The van der Waals surface area contributed by atoms with Gasteiger partial charge in [-0.1, -0.05) is 57.6 Å². The third-order valence-electron chi connectivity index (χ3n) is 10.7. The van der Waals surface area contributed by atoms with E-state index in [0.29, 0.717) is 31.5 Å². The molecule has 4 saturated carbocycles. The highest BCUT2D eigenvalue weighted by Crippen LogP contribution is 2.60. The molecule has 5 rings (SSSR count). The van der Waals surface area contributed by atoms with Gasteiger partial charge in [-0.05, 0) is 101 Å². The molecule has 7 nitrogen and oxygen atoms in total. The third-order valence-corrected chi connectivity index (χ3v) is 11.6. The number of allylic oxidation sites excluding steroid dienone is 1. The average molecular weight is 672 g/mol. The Morgan fingerprint density at radius 2 is 1.55 bits per heavy atom.